The van der Waals surface area contributed by atoms with Crippen molar-refractivity contribution in [3.05, 3.63) is 24.3 Å². The van der Waals surface area contributed by atoms with Gasteiger partial charge in [-0.15, -0.1) is 0 Å². The zero-order chi connectivity index (χ0) is 16.4. The quantitative estimate of drug-likeness (QED) is 0.831. The second-order valence-corrected chi connectivity index (χ2v) is 6.20. The number of nitrogens with zero attached hydrogens (tertiary/aromatic N) is 1. The number of hydrogen-bond donors (Lipinski definition) is 2. The van der Waals surface area contributed by atoms with E-state index in [1.807, 2.05) is 0 Å². The van der Waals surface area contributed by atoms with E-state index in [0.717, 1.165) is 12.8 Å². The van der Waals surface area contributed by atoms with Crippen molar-refractivity contribution in [3.8, 4) is 0 Å². The van der Waals surface area contributed by atoms with Crippen molar-refractivity contribution in [2.45, 2.75) is 51.1 Å². The van der Waals surface area contributed by atoms with Crippen molar-refractivity contribution in [2.24, 2.45) is 0 Å². The molecule has 1 aromatic carbocycles. The minimum Gasteiger partial charge on any atom is -0.326 e. The maximum absolute atomic E-state index is 12.5. The van der Waals surface area contributed by atoms with E-state index in [1.54, 1.807) is 24.3 Å². The minimum atomic E-state index is -0.416. The van der Waals surface area contributed by atoms with Gasteiger partial charge in [-0.25, -0.2) is 4.90 Å². The first-order valence-electron chi connectivity index (χ1n) is 8.05. The molecular weight excluding hydrogens is 294 g/mol. The van der Waals surface area contributed by atoms with Gasteiger partial charge in [-0.2, -0.15) is 0 Å². The molecule has 122 valence electrons. The highest BCUT2D eigenvalue weighted by Crippen LogP contribution is 2.26. The molecule has 1 aliphatic heterocycles. The molecule has 3 amide bonds. The fourth-order valence-corrected chi connectivity index (χ4v) is 3.31. The van der Waals surface area contributed by atoms with Gasteiger partial charge in [0, 0.05) is 18.7 Å². The third-order valence-corrected chi connectivity index (χ3v) is 4.38. The van der Waals surface area contributed by atoms with Gasteiger partial charge in [-0.05, 0) is 37.1 Å². The van der Waals surface area contributed by atoms with Crippen LogP contribution in [0, 0.1) is 0 Å². The van der Waals surface area contributed by atoms with Crippen LogP contribution in [0.4, 0.5) is 11.4 Å². The van der Waals surface area contributed by atoms with Gasteiger partial charge in [0.1, 0.15) is 0 Å². The second kappa shape index (κ2) is 6.50. The lowest BCUT2D eigenvalue weighted by molar-refractivity contribution is -0.121. The molecule has 1 saturated heterocycles. The summed E-state index contributed by atoms with van der Waals surface area (Å²) >= 11 is 0. The monoisotopic (exact) mass is 315 g/mol. The molecule has 0 bridgehead atoms. The first-order valence-corrected chi connectivity index (χ1v) is 8.05. The van der Waals surface area contributed by atoms with Crippen molar-refractivity contribution in [3.63, 3.8) is 0 Å². The molecule has 1 saturated carbocycles. The van der Waals surface area contributed by atoms with Gasteiger partial charge >= 0.3 is 0 Å². The van der Waals surface area contributed by atoms with Crippen LogP contribution in [0.1, 0.15) is 39.0 Å². The number of hydrogen-bond acceptors (Lipinski definition) is 4. The van der Waals surface area contributed by atoms with E-state index < -0.39 is 6.04 Å². The number of carbonyl (C=O) groups excluding carboxylic acids is 3. The highest BCUT2D eigenvalue weighted by atomic mass is 16.2. The Morgan fingerprint density at radius 1 is 1.13 bits per heavy atom. The molecule has 0 radical (unpaired) electrons. The lowest BCUT2D eigenvalue weighted by atomic mass is 10.2. The van der Waals surface area contributed by atoms with Crippen LogP contribution in [0.5, 0.6) is 0 Å². The Labute approximate surface area is 135 Å². The summed E-state index contributed by atoms with van der Waals surface area (Å²) in [7, 11) is 0. The zero-order valence-electron chi connectivity index (χ0n) is 13.2. The molecule has 6 nitrogen and oxygen atoms in total. The first kappa shape index (κ1) is 15.7. The normalized spacial score (nSPS) is 22.0. The lowest BCUT2D eigenvalue weighted by Gasteiger charge is -2.18. The molecule has 1 aliphatic carbocycles. The Kier molecular flexibility index (Phi) is 4.43. The highest BCUT2D eigenvalue weighted by Gasteiger charge is 2.40. The van der Waals surface area contributed by atoms with Gasteiger partial charge < -0.3 is 10.6 Å². The number of imide groups is 1. The Morgan fingerprint density at radius 3 is 2.39 bits per heavy atom. The standard InChI is InChI=1S/C17H21N3O3/c1-11(21)18-13-6-8-14(9-7-13)20-16(22)10-15(17(20)23)19-12-4-2-3-5-12/h6-9,12,15,19H,2-5,10H2,1H3,(H,18,21)/t15-/m1/s1. The van der Waals surface area contributed by atoms with E-state index in [2.05, 4.69) is 10.6 Å². The van der Waals surface area contributed by atoms with Gasteiger partial charge in [0.05, 0.1) is 18.2 Å². The largest absolute Gasteiger partial charge is 0.326 e. The summed E-state index contributed by atoms with van der Waals surface area (Å²) < 4.78 is 0. The minimum absolute atomic E-state index is 0.160. The molecule has 0 unspecified atom stereocenters. The fourth-order valence-electron chi connectivity index (χ4n) is 3.31. The molecule has 2 aliphatic rings. The van der Waals surface area contributed by atoms with Gasteiger partial charge in [-0.1, -0.05) is 12.8 Å². The van der Waals surface area contributed by atoms with Crippen LogP contribution < -0.4 is 15.5 Å². The van der Waals surface area contributed by atoms with Gasteiger partial charge in [-0.3, -0.25) is 14.4 Å². The first-order chi connectivity index (χ1) is 11.0. The highest BCUT2D eigenvalue weighted by molar-refractivity contribution is 6.22. The van der Waals surface area contributed by atoms with Crippen LogP contribution >= 0.6 is 0 Å². The Balaban J connectivity index is 1.70. The molecule has 2 fully saturated rings. The second-order valence-electron chi connectivity index (χ2n) is 6.20. The van der Waals surface area contributed by atoms with Crippen molar-refractivity contribution in [1.82, 2.24) is 5.32 Å². The maximum atomic E-state index is 12.5. The predicted octanol–water partition coefficient (Wildman–Crippen LogP) is 1.81. The van der Waals surface area contributed by atoms with Crippen molar-refractivity contribution in [2.75, 3.05) is 10.2 Å². The summed E-state index contributed by atoms with van der Waals surface area (Å²) in [5.74, 6) is -0.529. The molecule has 0 spiro atoms. The predicted molar refractivity (Wildman–Crippen MR) is 87.0 cm³/mol. The van der Waals surface area contributed by atoms with Crippen molar-refractivity contribution in [1.29, 1.82) is 0 Å². The van der Waals surface area contributed by atoms with E-state index in [-0.39, 0.29) is 24.1 Å². The summed E-state index contributed by atoms with van der Waals surface area (Å²) in [6.07, 6.45) is 4.72. The molecule has 1 atom stereocenters. The maximum Gasteiger partial charge on any atom is 0.251 e. The summed E-state index contributed by atoms with van der Waals surface area (Å²) in [5, 5.41) is 5.99. The SMILES string of the molecule is CC(=O)Nc1ccc(N2C(=O)C[C@@H](NC3CCCC3)C2=O)cc1. The van der Waals surface area contributed by atoms with Crippen molar-refractivity contribution < 1.29 is 14.4 Å². The van der Waals surface area contributed by atoms with Crippen LogP contribution in [0.3, 0.4) is 0 Å². The lowest BCUT2D eigenvalue weighted by Crippen LogP contribution is -2.42. The van der Waals surface area contributed by atoms with E-state index >= 15 is 0 Å². The number of amides is 3. The third-order valence-electron chi connectivity index (χ3n) is 4.38. The van der Waals surface area contributed by atoms with E-state index in [4.69, 9.17) is 0 Å². The van der Waals surface area contributed by atoms with Crippen LogP contribution in [-0.2, 0) is 14.4 Å². The fraction of sp³-hybridized carbons (Fsp3) is 0.471. The van der Waals surface area contributed by atoms with Gasteiger partial charge in [0.2, 0.25) is 11.8 Å². The summed E-state index contributed by atoms with van der Waals surface area (Å²) in [5.41, 5.74) is 1.19. The summed E-state index contributed by atoms with van der Waals surface area (Å²) in [6.45, 7) is 1.43. The third kappa shape index (κ3) is 3.42. The number of nitrogens with one attached hydrogen (secondary N) is 2. The molecule has 6 heteroatoms. The van der Waals surface area contributed by atoms with Crippen molar-refractivity contribution >= 4 is 29.1 Å². The molecule has 1 aromatic rings. The smallest absolute Gasteiger partial charge is 0.251 e. The molecule has 3 rings (SSSR count). The number of anilines is 2. The molecule has 1 heterocycles. The van der Waals surface area contributed by atoms with E-state index in [1.165, 1.54) is 24.7 Å². The van der Waals surface area contributed by atoms with Crippen LogP contribution in [0.2, 0.25) is 0 Å². The number of rotatable bonds is 4. The van der Waals surface area contributed by atoms with E-state index in [9.17, 15) is 14.4 Å². The zero-order valence-corrected chi connectivity index (χ0v) is 13.2. The summed E-state index contributed by atoms with van der Waals surface area (Å²) in [6, 6.07) is 6.67. The molecule has 23 heavy (non-hydrogen) atoms. The van der Waals surface area contributed by atoms with Crippen LogP contribution in [0.15, 0.2) is 24.3 Å². The topological polar surface area (TPSA) is 78.5 Å². The van der Waals surface area contributed by atoms with Gasteiger partial charge in [0.15, 0.2) is 0 Å². The number of benzene rings is 1. The Bertz CT molecular complexity index is 620. The van der Waals surface area contributed by atoms with Gasteiger partial charge in [0.25, 0.3) is 5.91 Å². The molecule has 2 N–H and O–H groups in total. The Morgan fingerprint density at radius 2 is 1.78 bits per heavy atom. The Hall–Kier alpha value is -2.21. The van der Waals surface area contributed by atoms with Crippen LogP contribution in [-0.4, -0.2) is 29.8 Å². The molecular formula is C17H21N3O3. The average molecular weight is 315 g/mol. The number of carbonyl (C=O) groups is 3. The van der Waals surface area contributed by atoms with E-state index in [0.29, 0.717) is 17.4 Å². The molecule has 0 aromatic heterocycles. The van der Waals surface area contributed by atoms with Crippen LogP contribution in [0.25, 0.3) is 0 Å². The summed E-state index contributed by atoms with van der Waals surface area (Å²) in [4.78, 5) is 37.0. The average Bonchev–Trinajstić information content (AvgIpc) is 3.09.